The van der Waals surface area contributed by atoms with Crippen molar-refractivity contribution < 1.29 is 9.13 Å². The highest BCUT2D eigenvalue weighted by Crippen LogP contribution is 2.22. The summed E-state index contributed by atoms with van der Waals surface area (Å²) in [6.07, 6.45) is 0. The second kappa shape index (κ2) is 6.13. The van der Waals surface area contributed by atoms with E-state index in [1.807, 2.05) is 6.07 Å². The molecule has 0 bridgehead atoms. The number of nitrogens with one attached hydrogen (secondary N) is 1. The molecule has 0 aliphatic carbocycles. The van der Waals surface area contributed by atoms with Crippen molar-refractivity contribution >= 4 is 0 Å². The van der Waals surface area contributed by atoms with E-state index < -0.39 is 0 Å². The Balaban J connectivity index is 2.12. The summed E-state index contributed by atoms with van der Waals surface area (Å²) in [4.78, 5) is 2.22. The van der Waals surface area contributed by atoms with Gasteiger partial charge in [0.25, 0.3) is 0 Å². The number of halogens is 1. The van der Waals surface area contributed by atoms with Crippen molar-refractivity contribution in [3.63, 3.8) is 0 Å². The molecule has 1 aliphatic heterocycles. The Morgan fingerprint density at radius 3 is 3.11 bits per heavy atom. The summed E-state index contributed by atoms with van der Waals surface area (Å²) in [6.45, 7) is 3.83. The Morgan fingerprint density at radius 1 is 1.56 bits per heavy atom. The van der Waals surface area contributed by atoms with E-state index in [1.165, 1.54) is 7.11 Å². The third kappa shape index (κ3) is 2.80. The van der Waals surface area contributed by atoms with E-state index in [2.05, 4.69) is 10.2 Å². The van der Waals surface area contributed by atoms with Crippen LogP contribution in [0.5, 0.6) is 5.75 Å². The number of methoxy groups -OCH3 is 1. The fourth-order valence-electron chi connectivity index (χ4n) is 2.30. The van der Waals surface area contributed by atoms with Crippen molar-refractivity contribution in [3.8, 4) is 5.75 Å². The van der Waals surface area contributed by atoms with Gasteiger partial charge >= 0.3 is 0 Å². The Morgan fingerprint density at radius 2 is 2.39 bits per heavy atom. The second-order valence-corrected chi connectivity index (χ2v) is 4.50. The molecule has 0 saturated carbocycles. The molecule has 1 saturated heterocycles. The number of nitrogens with zero attached hydrogens (tertiary/aromatic N) is 1. The lowest BCUT2D eigenvalue weighted by molar-refractivity contribution is 0.155. The third-order valence-electron chi connectivity index (χ3n) is 3.38. The molecule has 0 aromatic heterocycles. The quantitative estimate of drug-likeness (QED) is 0.823. The average Bonchev–Trinajstić information content (AvgIpc) is 2.42. The lowest BCUT2D eigenvalue weighted by Crippen LogP contribution is -2.53. The molecule has 1 aromatic rings. The molecule has 0 spiro atoms. The summed E-state index contributed by atoms with van der Waals surface area (Å²) in [5.41, 5.74) is 6.40. The van der Waals surface area contributed by atoms with Crippen LogP contribution in [0.15, 0.2) is 18.2 Å². The third-order valence-corrected chi connectivity index (χ3v) is 3.38. The van der Waals surface area contributed by atoms with E-state index in [4.69, 9.17) is 10.5 Å². The molecule has 100 valence electrons. The SMILES string of the molecule is COc1cccc(CN2CCNCC2CN)c1F. The van der Waals surface area contributed by atoms with Gasteiger partial charge in [-0.1, -0.05) is 12.1 Å². The summed E-state index contributed by atoms with van der Waals surface area (Å²) in [7, 11) is 1.48. The molecule has 5 heteroatoms. The zero-order chi connectivity index (χ0) is 13.0. The van der Waals surface area contributed by atoms with Crippen molar-refractivity contribution in [2.45, 2.75) is 12.6 Å². The Labute approximate surface area is 107 Å². The van der Waals surface area contributed by atoms with Crippen molar-refractivity contribution in [2.24, 2.45) is 5.73 Å². The van der Waals surface area contributed by atoms with Crippen LogP contribution in [0, 0.1) is 5.82 Å². The van der Waals surface area contributed by atoms with Crippen molar-refractivity contribution in [3.05, 3.63) is 29.6 Å². The molecule has 18 heavy (non-hydrogen) atoms. The summed E-state index contributed by atoms with van der Waals surface area (Å²) in [6, 6.07) is 5.52. The first-order valence-electron chi connectivity index (χ1n) is 6.22. The molecule has 1 fully saturated rings. The van der Waals surface area contributed by atoms with E-state index >= 15 is 0 Å². The fourth-order valence-corrected chi connectivity index (χ4v) is 2.30. The normalized spacial score (nSPS) is 20.9. The highest BCUT2D eigenvalue weighted by molar-refractivity contribution is 5.31. The van der Waals surface area contributed by atoms with Crippen LogP contribution in [-0.4, -0.2) is 44.2 Å². The maximum absolute atomic E-state index is 14.1. The number of benzene rings is 1. The predicted octanol–water partition coefficient (Wildman–Crippen LogP) is 0.567. The molecule has 1 atom stereocenters. The summed E-state index contributed by atoms with van der Waals surface area (Å²) in [5.74, 6) is 0.0289. The van der Waals surface area contributed by atoms with Crippen molar-refractivity contribution in [1.29, 1.82) is 0 Å². The van der Waals surface area contributed by atoms with Crippen LogP contribution in [0.1, 0.15) is 5.56 Å². The number of ether oxygens (including phenoxy) is 1. The minimum atomic E-state index is -0.269. The molecule has 0 amide bonds. The molecule has 1 aromatic carbocycles. The van der Waals surface area contributed by atoms with Crippen LogP contribution in [0.25, 0.3) is 0 Å². The van der Waals surface area contributed by atoms with E-state index in [0.717, 1.165) is 19.6 Å². The van der Waals surface area contributed by atoms with Gasteiger partial charge < -0.3 is 15.8 Å². The van der Waals surface area contributed by atoms with E-state index in [0.29, 0.717) is 24.4 Å². The largest absolute Gasteiger partial charge is 0.494 e. The van der Waals surface area contributed by atoms with Crippen LogP contribution in [0.4, 0.5) is 4.39 Å². The van der Waals surface area contributed by atoms with E-state index in [-0.39, 0.29) is 11.9 Å². The fraction of sp³-hybridized carbons (Fsp3) is 0.538. The maximum Gasteiger partial charge on any atom is 0.169 e. The minimum absolute atomic E-state index is 0.268. The van der Waals surface area contributed by atoms with Crippen molar-refractivity contribution in [2.75, 3.05) is 33.3 Å². The van der Waals surface area contributed by atoms with Crippen LogP contribution in [0.2, 0.25) is 0 Å². The second-order valence-electron chi connectivity index (χ2n) is 4.50. The molecule has 1 aliphatic rings. The lowest BCUT2D eigenvalue weighted by Gasteiger charge is -2.35. The summed E-state index contributed by atoms with van der Waals surface area (Å²) < 4.78 is 19.1. The van der Waals surface area contributed by atoms with Gasteiger partial charge in [-0.3, -0.25) is 4.90 Å². The first-order valence-corrected chi connectivity index (χ1v) is 6.22. The van der Waals surface area contributed by atoms with E-state index in [9.17, 15) is 4.39 Å². The minimum Gasteiger partial charge on any atom is -0.494 e. The highest BCUT2D eigenvalue weighted by atomic mass is 19.1. The van der Waals surface area contributed by atoms with Gasteiger partial charge in [0, 0.05) is 44.3 Å². The van der Waals surface area contributed by atoms with Gasteiger partial charge in [0.05, 0.1) is 7.11 Å². The first-order chi connectivity index (χ1) is 8.76. The van der Waals surface area contributed by atoms with Crippen LogP contribution in [0.3, 0.4) is 0 Å². The molecule has 1 unspecified atom stereocenters. The maximum atomic E-state index is 14.1. The smallest absolute Gasteiger partial charge is 0.169 e. The van der Waals surface area contributed by atoms with Gasteiger partial charge in [-0.15, -0.1) is 0 Å². The van der Waals surface area contributed by atoms with Gasteiger partial charge in [0.2, 0.25) is 0 Å². The molecule has 0 radical (unpaired) electrons. The van der Waals surface area contributed by atoms with Gasteiger partial charge in [0.15, 0.2) is 11.6 Å². The number of rotatable bonds is 4. The summed E-state index contributed by atoms with van der Waals surface area (Å²) in [5, 5.41) is 3.30. The van der Waals surface area contributed by atoms with Crippen molar-refractivity contribution in [1.82, 2.24) is 10.2 Å². The molecular formula is C13H20FN3O. The topological polar surface area (TPSA) is 50.5 Å². The van der Waals surface area contributed by atoms with Gasteiger partial charge in [-0.25, -0.2) is 4.39 Å². The van der Waals surface area contributed by atoms with Crippen LogP contribution < -0.4 is 15.8 Å². The van der Waals surface area contributed by atoms with Crippen LogP contribution >= 0.6 is 0 Å². The summed E-state index contributed by atoms with van der Waals surface area (Å²) >= 11 is 0. The molecule has 4 nitrogen and oxygen atoms in total. The zero-order valence-corrected chi connectivity index (χ0v) is 10.7. The Kier molecular flexibility index (Phi) is 4.52. The first kappa shape index (κ1) is 13.3. The lowest BCUT2D eigenvalue weighted by atomic mass is 10.1. The van der Waals surface area contributed by atoms with Gasteiger partial charge in [-0.05, 0) is 6.07 Å². The molecular weight excluding hydrogens is 233 g/mol. The highest BCUT2D eigenvalue weighted by Gasteiger charge is 2.22. The number of nitrogens with two attached hydrogens (primary N) is 1. The van der Waals surface area contributed by atoms with Crippen LogP contribution in [-0.2, 0) is 6.54 Å². The van der Waals surface area contributed by atoms with E-state index in [1.54, 1.807) is 12.1 Å². The van der Waals surface area contributed by atoms with Gasteiger partial charge in [0.1, 0.15) is 0 Å². The standard InChI is InChI=1S/C13H20FN3O/c1-18-12-4-2-3-10(13(12)14)9-17-6-5-16-8-11(17)7-15/h2-4,11,16H,5-9,15H2,1H3. The number of hydrogen-bond acceptors (Lipinski definition) is 4. The number of piperazine rings is 1. The number of hydrogen-bond donors (Lipinski definition) is 2. The Hall–Kier alpha value is -1.17. The molecule has 3 N–H and O–H groups in total. The average molecular weight is 253 g/mol. The zero-order valence-electron chi connectivity index (χ0n) is 10.7. The molecule has 2 rings (SSSR count). The molecule has 1 heterocycles. The monoisotopic (exact) mass is 253 g/mol. The predicted molar refractivity (Wildman–Crippen MR) is 69.1 cm³/mol. The Bertz CT molecular complexity index is 400. The van der Waals surface area contributed by atoms with Gasteiger partial charge in [-0.2, -0.15) is 0 Å².